The van der Waals surface area contributed by atoms with Crippen molar-refractivity contribution >= 4 is 29.9 Å². The minimum atomic E-state index is 0. The van der Waals surface area contributed by atoms with Crippen LogP contribution in [0.1, 0.15) is 46.0 Å². The number of halogens is 1. The molecule has 19 heavy (non-hydrogen) atoms. The summed E-state index contributed by atoms with van der Waals surface area (Å²) in [5, 5.41) is 6.69. The molecule has 0 saturated carbocycles. The van der Waals surface area contributed by atoms with Crippen LogP contribution in [0.25, 0.3) is 0 Å². The maximum absolute atomic E-state index is 5.59. The van der Waals surface area contributed by atoms with Gasteiger partial charge in [0.25, 0.3) is 0 Å². The molecule has 114 valence electrons. The molecule has 1 saturated heterocycles. The van der Waals surface area contributed by atoms with E-state index in [1.807, 2.05) is 7.05 Å². The third kappa shape index (κ3) is 9.49. The highest BCUT2D eigenvalue weighted by Gasteiger charge is 2.14. The van der Waals surface area contributed by atoms with Crippen LogP contribution in [0.15, 0.2) is 4.99 Å². The number of ether oxygens (including phenoxy) is 1. The van der Waals surface area contributed by atoms with E-state index in [1.165, 1.54) is 25.7 Å². The Morgan fingerprint density at radius 2 is 2.05 bits per heavy atom. The first-order valence-corrected chi connectivity index (χ1v) is 7.28. The van der Waals surface area contributed by atoms with Crippen LogP contribution in [-0.2, 0) is 4.74 Å². The quantitative estimate of drug-likeness (QED) is 0.308. The third-order valence-electron chi connectivity index (χ3n) is 3.26. The second kappa shape index (κ2) is 11.8. The van der Waals surface area contributed by atoms with Gasteiger partial charge in [-0.3, -0.25) is 4.99 Å². The van der Waals surface area contributed by atoms with Gasteiger partial charge in [-0.1, -0.05) is 13.8 Å². The molecule has 1 atom stereocenters. The highest BCUT2D eigenvalue weighted by Crippen LogP contribution is 2.14. The van der Waals surface area contributed by atoms with Gasteiger partial charge in [0, 0.05) is 26.7 Å². The summed E-state index contributed by atoms with van der Waals surface area (Å²) in [6.45, 7) is 7.39. The molecule has 0 bridgehead atoms. The Bertz CT molecular complexity index is 241. The van der Waals surface area contributed by atoms with Gasteiger partial charge in [0.2, 0.25) is 0 Å². The van der Waals surface area contributed by atoms with Crippen molar-refractivity contribution in [2.75, 3.05) is 26.7 Å². The third-order valence-corrected chi connectivity index (χ3v) is 3.26. The van der Waals surface area contributed by atoms with E-state index >= 15 is 0 Å². The first-order chi connectivity index (χ1) is 8.72. The monoisotopic (exact) mass is 383 g/mol. The van der Waals surface area contributed by atoms with Crippen molar-refractivity contribution in [2.45, 2.75) is 52.1 Å². The fourth-order valence-corrected chi connectivity index (χ4v) is 2.16. The number of hydrogen-bond acceptors (Lipinski definition) is 2. The first-order valence-electron chi connectivity index (χ1n) is 7.28. The SMILES string of the molecule is CN=C(NCCCC(C)C)NCCC1CCCO1.I. The molecule has 1 aliphatic rings. The lowest BCUT2D eigenvalue weighted by atomic mass is 10.1. The molecule has 0 radical (unpaired) electrons. The van der Waals surface area contributed by atoms with Crippen LogP contribution in [0.3, 0.4) is 0 Å². The lowest BCUT2D eigenvalue weighted by Crippen LogP contribution is -2.39. The zero-order valence-corrected chi connectivity index (χ0v) is 14.9. The Morgan fingerprint density at radius 1 is 1.32 bits per heavy atom. The van der Waals surface area contributed by atoms with E-state index in [-0.39, 0.29) is 24.0 Å². The standard InChI is InChI=1S/C14H29N3O.HI/c1-12(2)6-4-9-16-14(15-3)17-10-8-13-7-5-11-18-13;/h12-13H,4-11H2,1-3H3,(H2,15,16,17);1H. The second-order valence-electron chi connectivity index (χ2n) is 5.39. The van der Waals surface area contributed by atoms with E-state index in [2.05, 4.69) is 29.5 Å². The fraction of sp³-hybridized carbons (Fsp3) is 0.929. The van der Waals surface area contributed by atoms with Crippen LogP contribution in [-0.4, -0.2) is 38.8 Å². The zero-order valence-electron chi connectivity index (χ0n) is 12.6. The van der Waals surface area contributed by atoms with Crippen LogP contribution in [0.2, 0.25) is 0 Å². The Morgan fingerprint density at radius 3 is 2.63 bits per heavy atom. The number of nitrogens with zero attached hydrogens (tertiary/aromatic N) is 1. The largest absolute Gasteiger partial charge is 0.378 e. The van der Waals surface area contributed by atoms with Crippen molar-refractivity contribution in [3.8, 4) is 0 Å². The predicted octanol–water partition coefficient (Wildman–Crippen LogP) is 2.77. The normalized spacial score (nSPS) is 19.4. The van der Waals surface area contributed by atoms with E-state index in [0.717, 1.165) is 38.0 Å². The molecule has 0 amide bonds. The molecule has 5 heteroatoms. The van der Waals surface area contributed by atoms with Gasteiger partial charge in [-0.05, 0) is 38.0 Å². The van der Waals surface area contributed by atoms with Gasteiger partial charge in [0.05, 0.1) is 6.10 Å². The molecule has 0 aromatic carbocycles. The lowest BCUT2D eigenvalue weighted by molar-refractivity contribution is 0.105. The van der Waals surface area contributed by atoms with E-state index in [0.29, 0.717) is 6.10 Å². The molecule has 0 spiro atoms. The topological polar surface area (TPSA) is 45.7 Å². The smallest absolute Gasteiger partial charge is 0.190 e. The van der Waals surface area contributed by atoms with E-state index in [9.17, 15) is 0 Å². The van der Waals surface area contributed by atoms with Gasteiger partial charge in [0.1, 0.15) is 0 Å². The van der Waals surface area contributed by atoms with Crippen LogP contribution in [0.5, 0.6) is 0 Å². The Balaban J connectivity index is 0.00000324. The minimum Gasteiger partial charge on any atom is -0.378 e. The number of aliphatic imine (C=N–C) groups is 1. The van der Waals surface area contributed by atoms with E-state index in [1.54, 1.807) is 0 Å². The molecule has 4 nitrogen and oxygen atoms in total. The highest BCUT2D eigenvalue weighted by molar-refractivity contribution is 14.0. The molecule has 0 aromatic rings. The summed E-state index contributed by atoms with van der Waals surface area (Å²) >= 11 is 0. The summed E-state index contributed by atoms with van der Waals surface area (Å²) < 4.78 is 5.59. The van der Waals surface area contributed by atoms with Crippen molar-refractivity contribution in [1.29, 1.82) is 0 Å². The van der Waals surface area contributed by atoms with E-state index in [4.69, 9.17) is 4.74 Å². The van der Waals surface area contributed by atoms with Crippen molar-refractivity contribution in [2.24, 2.45) is 10.9 Å². The fourth-order valence-electron chi connectivity index (χ4n) is 2.16. The molecule has 2 N–H and O–H groups in total. The van der Waals surface area contributed by atoms with Crippen LogP contribution in [0, 0.1) is 5.92 Å². The molecular weight excluding hydrogens is 353 g/mol. The molecule has 1 fully saturated rings. The van der Waals surface area contributed by atoms with Crippen molar-refractivity contribution in [1.82, 2.24) is 10.6 Å². The molecule has 0 aromatic heterocycles. The lowest BCUT2D eigenvalue weighted by Gasteiger charge is -2.14. The van der Waals surface area contributed by atoms with Crippen LogP contribution < -0.4 is 10.6 Å². The first kappa shape index (κ1) is 19.0. The van der Waals surface area contributed by atoms with Gasteiger partial charge in [-0.15, -0.1) is 24.0 Å². The number of rotatable bonds is 7. The second-order valence-corrected chi connectivity index (χ2v) is 5.39. The van der Waals surface area contributed by atoms with Crippen LogP contribution >= 0.6 is 24.0 Å². The summed E-state index contributed by atoms with van der Waals surface area (Å²) in [6.07, 6.45) is 6.42. The molecule has 1 aliphatic heterocycles. The minimum absolute atomic E-state index is 0. The van der Waals surface area contributed by atoms with Gasteiger partial charge >= 0.3 is 0 Å². The van der Waals surface area contributed by atoms with Gasteiger partial charge in [-0.25, -0.2) is 0 Å². The number of hydrogen-bond donors (Lipinski definition) is 2. The van der Waals surface area contributed by atoms with Crippen molar-refractivity contribution in [3.63, 3.8) is 0 Å². The average Bonchev–Trinajstić information content (AvgIpc) is 2.85. The molecule has 1 heterocycles. The summed E-state index contributed by atoms with van der Waals surface area (Å²) in [6, 6.07) is 0. The Labute approximate surface area is 135 Å². The Hall–Kier alpha value is -0.0400. The van der Waals surface area contributed by atoms with Gasteiger partial charge in [-0.2, -0.15) is 0 Å². The summed E-state index contributed by atoms with van der Waals surface area (Å²) in [4.78, 5) is 4.22. The molecule has 1 unspecified atom stereocenters. The summed E-state index contributed by atoms with van der Waals surface area (Å²) in [5.41, 5.74) is 0. The molecule has 0 aliphatic carbocycles. The molecular formula is C14H30IN3O. The van der Waals surface area contributed by atoms with E-state index < -0.39 is 0 Å². The summed E-state index contributed by atoms with van der Waals surface area (Å²) in [7, 11) is 1.82. The summed E-state index contributed by atoms with van der Waals surface area (Å²) in [5.74, 6) is 1.69. The number of guanidine groups is 1. The zero-order chi connectivity index (χ0) is 13.2. The van der Waals surface area contributed by atoms with Crippen molar-refractivity contribution < 1.29 is 4.74 Å². The van der Waals surface area contributed by atoms with Crippen molar-refractivity contribution in [3.05, 3.63) is 0 Å². The Kier molecular flexibility index (Phi) is 11.7. The average molecular weight is 383 g/mol. The van der Waals surface area contributed by atoms with Crippen LogP contribution in [0.4, 0.5) is 0 Å². The maximum Gasteiger partial charge on any atom is 0.190 e. The predicted molar refractivity (Wildman–Crippen MR) is 92.4 cm³/mol. The van der Waals surface area contributed by atoms with Gasteiger partial charge < -0.3 is 15.4 Å². The maximum atomic E-state index is 5.59. The number of nitrogens with one attached hydrogen (secondary N) is 2. The highest BCUT2D eigenvalue weighted by atomic mass is 127. The van der Waals surface area contributed by atoms with Gasteiger partial charge in [0.15, 0.2) is 5.96 Å². The molecule has 1 rings (SSSR count).